The van der Waals surface area contributed by atoms with Crippen LogP contribution in [-0.4, -0.2) is 6.10 Å². The number of hydrogen-bond donors (Lipinski definition) is 0. The number of hydrogen-bond acceptors (Lipinski definition) is 2. The van der Waals surface area contributed by atoms with Crippen LogP contribution in [0.4, 0.5) is 0 Å². The number of rotatable bonds is 2. The van der Waals surface area contributed by atoms with Crippen LogP contribution in [0.15, 0.2) is 22.6 Å². The van der Waals surface area contributed by atoms with Gasteiger partial charge in [-0.2, -0.15) is 0 Å². The van der Waals surface area contributed by atoms with E-state index in [1.54, 1.807) is 0 Å². The third kappa shape index (κ3) is 1.99. The van der Waals surface area contributed by atoms with Crippen molar-refractivity contribution in [3.8, 4) is 5.75 Å². The Labute approximate surface area is 89.8 Å². The molecule has 0 aliphatic carbocycles. The molecule has 0 spiro atoms. The van der Waals surface area contributed by atoms with Crippen LogP contribution in [0.25, 0.3) is 11.0 Å². The van der Waals surface area contributed by atoms with Gasteiger partial charge in [0.1, 0.15) is 5.76 Å². The van der Waals surface area contributed by atoms with Gasteiger partial charge in [0.2, 0.25) is 0 Å². The Morgan fingerprint density at radius 3 is 2.53 bits per heavy atom. The van der Waals surface area contributed by atoms with Gasteiger partial charge in [0.05, 0.1) is 6.10 Å². The van der Waals surface area contributed by atoms with Gasteiger partial charge in [-0.3, -0.25) is 0 Å². The molecule has 0 amide bonds. The van der Waals surface area contributed by atoms with E-state index in [4.69, 9.17) is 9.15 Å². The standard InChI is InChI=1S/C13H16O2/c1-8(2)14-12-6-9(3)5-11-7-10(4)15-13(11)12/h5-8H,1-4H3. The Morgan fingerprint density at radius 2 is 1.87 bits per heavy atom. The average Bonchev–Trinajstić information content (AvgIpc) is 2.44. The molecule has 0 atom stereocenters. The molecule has 1 heterocycles. The minimum absolute atomic E-state index is 0.167. The summed E-state index contributed by atoms with van der Waals surface area (Å²) in [5, 5.41) is 1.11. The summed E-state index contributed by atoms with van der Waals surface area (Å²) >= 11 is 0. The van der Waals surface area contributed by atoms with Crippen LogP contribution >= 0.6 is 0 Å². The maximum absolute atomic E-state index is 5.73. The van der Waals surface area contributed by atoms with Gasteiger partial charge in [-0.1, -0.05) is 0 Å². The zero-order chi connectivity index (χ0) is 11.0. The van der Waals surface area contributed by atoms with E-state index < -0.39 is 0 Å². The number of benzene rings is 1. The molecule has 0 radical (unpaired) electrons. The van der Waals surface area contributed by atoms with Gasteiger partial charge < -0.3 is 9.15 Å². The lowest BCUT2D eigenvalue weighted by Gasteiger charge is -2.10. The number of fused-ring (bicyclic) bond motifs is 1. The largest absolute Gasteiger partial charge is 0.487 e. The highest BCUT2D eigenvalue weighted by atomic mass is 16.5. The summed E-state index contributed by atoms with van der Waals surface area (Å²) in [5.74, 6) is 1.76. The molecule has 0 unspecified atom stereocenters. The smallest absolute Gasteiger partial charge is 0.176 e. The normalized spacial score (nSPS) is 11.3. The van der Waals surface area contributed by atoms with E-state index in [2.05, 4.69) is 13.0 Å². The monoisotopic (exact) mass is 204 g/mol. The Hall–Kier alpha value is -1.44. The molecule has 0 aliphatic heterocycles. The molecule has 2 aromatic rings. The maximum atomic E-state index is 5.73. The SMILES string of the molecule is Cc1cc(OC(C)C)c2oc(C)cc2c1. The zero-order valence-electron chi connectivity index (χ0n) is 9.63. The lowest BCUT2D eigenvalue weighted by molar-refractivity contribution is 0.242. The molecule has 80 valence electrons. The second-order valence-corrected chi connectivity index (χ2v) is 4.21. The van der Waals surface area contributed by atoms with Crippen LogP contribution in [0.1, 0.15) is 25.2 Å². The second-order valence-electron chi connectivity index (χ2n) is 4.21. The molecule has 0 saturated carbocycles. The van der Waals surface area contributed by atoms with Crippen molar-refractivity contribution in [1.29, 1.82) is 0 Å². The van der Waals surface area contributed by atoms with Crippen LogP contribution in [0, 0.1) is 13.8 Å². The van der Waals surface area contributed by atoms with Gasteiger partial charge in [0, 0.05) is 5.39 Å². The van der Waals surface area contributed by atoms with Gasteiger partial charge in [0.15, 0.2) is 11.3 Å². The summed E-state index contributed by atoms with van der Waals surface area (Å²) in [4.78, 5) is 0. The molecule has 2 rings (SSSR count). The number of furan rings is 1. The fraction of sp³-hybridized carbons (Fsp3) is 0.385. The molecule has 1 aromatic heterocycles. The number of aryl methyl sites for hydroxylation is 2. The van der Waals surface area contributed by atoms with E-state index in [1.165, 1.54) is 5.56 Å². The highest BCUT2D eigenvalue weighted by molar-refractivity contribution is 5.84. The van der Waals surface area contributed by atoms with E-state index >= 15 is 0 Å². The molecular weight excluding hydrogens is 188 g/mol. The Kier molecular flexibility index (Phi) is 2.43. The Bertz CT molecular complexity index is 480. The van der Waals surface area contributed by atoms with Crippen molar-refractivity contribution in [3.63, 3.8) is 0 Å². The molecule has 1 aromatic carbocycles. The highest BCUT2D eigenvalue weighted by Gasteiger charge is 2.09. The number of ether oxygens (including phenoxy) is 1. The predicted molar refractivity (Wildman–Crippen MR) is 61.5 cm³/mol. The minimum atomic E-state index is 0.167. The van der Waals surface area contributed by atoms with Crippen molar-refractivity contribution >= 4 is 11.0 Å². The summed E-state index contributed by atoms with van der Waals surface area (Å²) in [7, 11) is 0. The van der Waals surface area contributed by atoms with Gasteiger partial charge in [-0.25, -0.2) is 0 Å². The maximum Gasteiger partial charge on any atom is 0.176 e. The van der Waals surface area contributed by atoms with Crippen molar-refractivity contribution in [2.75, 3.05) is 0 Å². The summed E-state index contributed by atoms with van der Waals surface area (Å²) in [5.41, 5.74) is 2.05. The molecule has 0 saturated heterocycles. The van der Waals surface area contributed by atoms with Crippen molar-refractivity contribution in [3.05, 3.63) is 29.5 Å². The van der Waals surface area contributed by atoms with Gasteiger partial charge in [-0.15, -0.1) is 0 Å². The van der Waals surface area contributed by atoms with Crippen molar-refractivity contribution in [2.45, 2.75) is 33.8 Å². The van der Waals surface area contributed by atoms with Gasteiger partial charge in [0.25, 0.3) is 0 Å². The van der Waals surface area contributed by atoms with E-state index in [9.17, 15) is 0 Å². The molecule has 2 nitrogen and oxygen atoms in total. The van der Waals surface area contributed by atoms with Crippen LogP contribution in [0.3, 0.4) is 0 Å². The third-order valence-corrected chi connectivity index (χ3v) is 2.21. The summed E-state index contributed by atoms with van der Waals surface area (Å²) in [6.07, 6.45) is 0.167. The predicted octanol–water partition coefficient (Wildman–Crippen LogP) is 3.84. The highest BCUT2D eigenvalue weighted by Crippen LogP contribution is 2.30. The summed E-state index contributed by atoms with van der Waals surface area (Å²) < 4.78 is 11.4. The molecule has 15 heavy (non-hydrogen) atoms. The Morgan fingerprint density at radius 1 is 1.13 bits per heavy atom. The van der Waals surface area contributed by atoms with Crippen LogP contribution in [0.5, 0.6) is 5.75 Å². The van der Waals surface area contributed by atoms with Crippen LogP contribution in [0.2, 0.25) is 0 Å². The second kappa shape index (κ2) is 3.61. The molecular formula is C13H16O2. The molecule has 0 bridgehead atoms. The van der Waals surface area contributed by atoms with Gasteiger partial charge in [-0.05, 0) is 51.5 Å². The Balaban J connectivity index is 2.59. The van der Waals surface area contributed by atoms with E-state index in [0.29, 0.717) is 0 Å². The molecule has 2 heteroatoms. The lowest BCUT2D eigenvalue weighted by atomic mass is 10.1. The first-order valence-electron chi connectivity index (χ1n) is 5.23. The quantitative estimate of drug-likeness (QED) is 0.741. The molecule has 0 N–H and O–H groups in total. The first-order chi connectivity index (χ1) is 7.06. The first kappa shape index (κ1) is 10.1. The zero-order valence-corrected chi connectivity index (χ0v) is 9.63. The summed E-state index contributed by atoms with van der Waals surface area (Å²) in [6, 6.07) is 6.17. The molecule has 0 fully saturated rings. The lowest BCUT2D eigenvalue weighted by Crippen LogP contribution is -2.05. The summed E-state index contributed by atoms with van der Waals surface area (Å²) in [6.45, 7) is 8.05. The third-order valence-electron chi connectivity index (χ3n) is 2.21. The van der Waals surface area contributed by atoms with Crippen LogP contribution < -0.4 is 4.74 Å². The first-order valence-corrected chi connectivity index (χ1v) is 5.23. The van der Waals surface area contributed by atoms with E-state index in [-0.39, 0.29) is 6.10 Å². The van der Waals surface area contributed by atoms with Crippen LogP contribution in [-0.2, 0) is 0 Å². The average molecular weight is 204 g/mol. The fourth-order valence-electron chi connectivity index (χ4n) is 1.73. The topological polar surface area (TPSA) is 22.4 Å². The van der Waals surface area contributed by atoms with Crippen molar-refractivity contribution < 1.29 is 9.15 Å². The van der Waals surface area contributed by atoms with Gasteiger partial charge >= 0.3 is 0 Å². The minimum Gasteiger partial charge on any atom is -0.487 e. The van der Waals surface area contributed by atoms with E-state index in [1.807, 2.05) is 32.9 Å². The van der Waals surface area contributed by atoms with Crippen molar-refractivity contribution in [1.82, 2.24) is 0 Å². The van der Waals surface area contributed by atoms with E-state index in [0.717, 1.165) is 22.5 Å². The fourth-order valence-corrected chi connectivity index (χ4v) is 1.73. The van der Waals surface area contributed by atoms with Crippen molar-refractivity contribution in [2.24, 2.45) is 0 Å². The molecule has 0 aliphatic rings.